The SMILES string of the molecule is COC(C)(C)c1ccccc1CCCN. The summed E-state index contributed by atoms with van der Waals surface area (Å²) in [5, 5.41) is 0. The number of hydrogen-bond acceptors (Lipinski definition) is 2. The molecule has 0 atom stereocenters. The van der Waals surface area contributed by atoms with E-state index in [-0.39, 0.29) is 5.60 Å². The molecule has 2 heteroatoms. The fourth-order valence-corrected chi connectivity index (χ4v) is 1.73. The molecule has 0 aliphatic rings. The van der Waals surface area contributed by atoms with Crippen LogP contribution in [0.3, 0.4) is 0 Å². The quantitative estimate of drug-likeness (QED) is 0.805. The van der Waals surface area contributed by atoms with Crippen molar-refractivity contribution in [2.24, 2.45) is 5.73 Å². The molecule has 0 radical (unpaired) electrons. The molecule has 2 N–H and O–H groups in total. The number of rotatable bonds is 5. The van der Waals surface area contributed by atoms with Gasteiger partial charge in [0.25, 0.3) is 0 Å². The minimum atomic E-state index is -0.217. The lowest BCUT2D eigenvalue weighted by Gasteiger charge is -2.26. The van der Waals surface area contributed by atoms with E-state index >= 15 is 0 Å². The highest BCUT2D eigenvalue weighted by atomic mass is 16.5. The number of hydrogen-bond donors (Lipinski definition) is 1. The van der Waals surface area contributed by atoms with Crippen LogP contribution >= 0.6 is 0 Å². The van der Waals surface area contributed by atoms with E-state index in [1.165, 1.54) is 11.1 Å². The maximum Gasteiger partial charge on any atom is 0.0874 e. The number of aryl methyl sites for hydroxylation is 1. The molecule has 0 fully saturated rings. The van der Waals surface area contributed by atoms with Crippen LogP contribution in [0.5, 0.6) is 0 Å². The Morgan fingerprint density at radius 2 is 1.93 bits per heavy atom. The molecule has 0 saturated carbocycles. The average Bonchev–Trinajstić information content (AvgIpc) is 2.26. The van der Waals surface area contributed by atoms with Crippen LogP contribution in [-0.4, -0.2) is 13.7 Å². The lowest BCUT2D eigenvalue weighted by molar-refractivity contribution is 0.0185. The highest BCUT2D eigenvalue weighted by molar-refractivity contribution is 5.31. The van der Waals surface area contributed by atoms with Crippen LogP contribution in [-0.2, 0) is 16.8 Å². The summed E-state index contributed by atoms with van der Waals surface area (Å²) in [6.07, 6.45) is 2.05. The minimum absolute atomic E-state index is 0.217. The van der Waals surface area contributed by atoms with Crippen molar-refractivity contribution in [2.45, 2.75) is 32.3 Å². The van der Waals surface area contributed by atoms with E-state index in [9.17, 15) is 0 Å². The molecule has 1 rings (SSSR count). The zero-order valence-electron chi connectivity index (χ0n) is 9.92. The highest BCUT2D eigenvalue weighted by Crippen LogP contribution is 2.27. The van der Waals surface area contributed by atoms with Gasteiger partial charge in [0.05, 0.1) is 5.60 Å². The molecule has 1 aromatic rings. The van der Waals surface area contributed by atoms with E-state index in [0.717, 1.165) is 19.4 Å². The third-order valence-electron chi connectivity index (χ3n) is 2.83. The number of benzene rings is 1. The van der Waals surface area contributed by atoms with Crippen molar-refractivity contribution < 1.29 is 4.74 Å². The molecule has 0 spiro atoms. The molecule has 0 saturated heterocycles. The van der Waals surface area contributed by atoms with Gasteiger partial charge in [-0.15, -0.1) is 0 Å². The van der Waals surface area contributed by atoms with Crippen molar-refractivity contribution in [3.63, 3.8) is 0 Å². The first-order valence-corrected chi connectivity index (χ1v) is 5.45. The van der Waals surface area contributed by atoms with Gasteiger partial charge in [-0.3, -0.25) is 0 Å². The van der Waals surface area contributed by atoms with E-state index in [1.54, 1.807) is 7.11 Å². The lowest BCUT2D eigenvalue weighted by atomic mass is 9.91. The molecule has 0 unspecified atom stereocenters. The first-order chi connectivity index (χ1) is 7.11. The van der Waals surface area contributed by atoms with Crippen LogP contribution in [0.4, 0.5) is 0 Å². The molecular weight excluding hydrogens is 186 g/mol. The van der Waals surface area contributed by atoms with Gasteiger partial charge in [0.15, 0.2) is 0 Å². The van der Waals surface area contributed by atoms with Gasteiger partial charge in [-0.2, -0.15) is 0 Å². The summed E-state index contributed by atoms with van der Waals surface area (Å²) in [7, 11) is 1.75. The summed E-state index contributed by atoms with van der Waals surface area (Å²) >= 11 is 0. The van der Waals surface area contributed by atoms with Gasteiger partial charge < -0.3 is 10.5 Å². The third kappa shape index (κ3) is 3.05. The summed E-state index contributed by atoms with van der Waals surface area (Å²) < 4.78 is 5.51. The zero-order valence-corrected chi connectivity index (χ0v) is 9.92. The van der Waals surface area contributed by atoms with Gasteiger partial charge in [0.2, 0.25) is 0 Å². The van der Waals surface area contributed by atoms with Crippen LogP contribution in [0.15, 0.2) is 24.3 Å². The predicted octanol–water partition coefficient (Wildman–Crippen LogP) is 2.46. The van der Waals surface area contributed by atoms with Crippen LogP contribution in [0.25, 0.3) is 0 Å². The van der Waals surface area contributed by atoms with E-state index in [4.69, 9.17) is 10.5 Å². The van der Waals surface area contributed by atoms with Crippen molar-refractivity contribution in [2.75, 3.05) is 13.7 Å². The van der Waals surface area contributed by atoms with E-state index in [2.05, 4.69) is 38.1 Å². The Hall–Kier alpha value is -0.860. The Kier molecular flexibility index (Phi) is 4.30. The fraction of sp³-hybridized carbons (Fsp3) is 0.538. The molecule has 84 valence electrons. The van der Waals surface area contributed by atoms with Crippen LogP contribution < -0.4 is 5.73 Å². The first-order valence-electron chi connectivity index (χ1n) is 5.45. The van der Waals surface area contributed by atoms with Crippen LogP contribution in [0, 0.1) is 0 Å². The number of nitrogens with two attached hydrogens (primary N) is 1. The summed E-state index contributed by atoms with van der Waals surface area (Å²) in [6.45, 7) is 4.92. The van der Waals surface area contributed by atoms with Crippen LogP contribution in [0.1, 0.15) is 31.4 Å². The molecule has 0 amide bonds. The Bertz CT molecular complexity index is 307. The monoisotopic (exact) mass is 207 g/mol. The third-order valence-corrected chi connectivity index (χ3v) is 2.83. The standard InChI is InChI=1S/C13H21NO/c1-13(2,15-3)12-9-5-4-7-11(12)8-6-10-14/h4-5,7,9H,6,8,10,14H2,1-3H3. The Morgan fingerprint density at radius 3 is 2.53 bits per heavy atom. The summed E-state index contributed by atoms with van der Waals surface area (Å²) in [5.74, 6) is 0. The summed E-state index contributed by atoms with van der Waals surface area (Å²) in [4.78, 5) is 0. The Balaban J connectivity index is 2.95. The second-order valence-corrected chi connectivity index (χ2v) is 4.26. The molecule has 0 aliphatic heterocycles. The van der Waals surface area contributed by atoms with Gasteiger partial charge >= 0.3 is 0 Å². The minimum Gasteiger partial charge on any atom is -0.374 e. The van der Waals surface area contributed by atoms with Crippen molar-refractivity contribution >= 4 is 0 Å². The maximum absolute atomic E-state index is 5.54. The maximum atomic E-state index is 5.54. The van der Waals surface area contributed by atoms with E-state index in [1.807, 2.05) is 0 Å². The second kappa shape index (κ2) is 5.29. The zero-order chi connectivity index (χ0) is 11.3. The van der Waals surface area contributed by atoms with Crippen molar-refractivity contribution in [1.29, 1.82) is 0 Å². The van der Waals surface area contributed by atoms with Gasteiger partial charge in [0, 0.05) is 7.11 Å². The number of methoxy groups -OCH3 is 1. The highest BCUT2D eigenvalue weighted by Gasteiger charge is 2.21. The normalized spacial score (nSPS) is 11.7. The predicted molar refractivity (Wildman–Crippen MR) is 63.9 cm³/mol. The largest absolute Gasteiger partial charge is 0.374 e. The van der Waals surface area contributed by atoms with E-state index in [0.29, 0.717) is 0 Å². The van der Waals surface area contributed by atoms with Crippen molar-refractivity contribution in [3.05, 3.63) is 35.4 Å². The van der Waals surface area contributed by atoms with Crippen molar-refractivity contribution in [1.82, 2.24) is 0 Å². The van der Waals surface area contributed by atoms with Gasteiger partial charge in [0.1, 0.15) is 0 Å². The first kappa shape index (κ1) is 12.2. The molecule has 0 aromatic heterocycles. The molecule has 0 heterocycles. The van der Waals surface area contributed by atoms with E-state index < -0.39 is 0 Å². The average molecular weight is 207 g/mol. The fourth-order valence-electron chi connectivity index (χ4n) is 1.73. The Morgan fingerprint density at radius 1 is 1.27 bits per heavy atom. The molecule has 1 aromatic carbocycles. The summed E-state index contributed by atoms with van der Waals surface area (Å²) in [5.41, 5.74) is 7.93. The van der Waals surface area contributed by atoms with Gasteiger partial charge in [-0.1, -0.05) is 24.3 Å². The molecule has 0 bridgehead atoms. The molecule has 0 aliphatic carbocycles. The second-order valence-electron chi connectivity index (χ2n) is 4.26. The van der Waals surface area contributed by atoms with Crippen LogP contribution in [0.2, 0.25) is 0 Å². The molecule has 2 nitrogen and oxygen atoms in total. The molecule has 15 heavy (non-hydrogen) atoms. The number of ether oxygens (including phenoxy) is 1. The Labute approximate surface area is 92.4 Å². The topological polar surface area (TPSA) is 35.2 Å². The lowest BCUT2D eigenvalue weighted by Crippen LogP contribution is -2.21. The van der Waals surface area contributed by atoms with Gasteiger partial charge in [-0.25, -0.2) is 0 Å². The molecular formula is C13H21NO. The van der Waals surface area contributed by atoms with Gasteiger partial charge in [-0.05, 0) is 44.4 Å². The van der Waals surface area contributed by atoms with Crippen molar-refractivity contribution in [3.8, 4) is 0 Å². The smallest absolute Gasteiger partial charge is 0.0874 e. The summed E-state index contributed by atoms with van der Waals surface area (Å²) in [6, 6.07) is 8.42.